The Morgan fingerprint density at radius 2 is 1.52 bits per heavy atom. The summed E-state index contributed by atoms with van der Waals surface area (Å²) >= 11 is 0. The van der Waals surface area contributed by atoms with Gasteiger partial charge in [0.05, 0.1) is 21.7 Å². The van der Waals surface area contributed by atoms with Crippen LogP contribution in [0.4, 0.5) is 0 Å². The molecule has 2 atom stereocenters. The quantitative estimate of drug-likeness (QED) is 0.654. The van der Waals surface area contributed by atoms with Crippen molar-refractivity contribution in [2.24, 2.45) is 0 Å². The summed E-state index contributed by atoms with van der Waals surface area (Å²) in [4.78, 5) is 4.64. The zero-order valence-corrected chi connectivity index (χ0v) is 19.5. The van der Waals surface area contributed by atoms with Gasteiger partial charge in [0.1, 0.15) is 0 Å². The summed E-state index contributed by atoms with van der Waals surface area (Å²) in [6.07, 6.45) is 0.827. The van der Waals surface area contributed by atoms with Crippen molar-refractivity contribution in [3.63, 3.8) is 0 Å². The normalized spacial score (nSPS) is 24.9. The first-order valence-electron chi connectivity index (χ1n) is 10.8. The highest BCUT2D eigenvalue weighted by Gasteiger charge is 2.48. The summed E-state index contributed by atoms with van der Waals surface area (Å²) in [6.45, 7) is 5.80. The molecule has 0 spiro atoms. The van der Waals surface area contributed by atoms with Crippen molar-refractivity contribution in [3.8, 4) is 0 Å². The summed E-state index contributed by atoms with van der Waals surface area (Å²) in [5.74, 6) is -0.373. The van der Waals surface area contributed by atoms with Crippen LogP contribution in [0.15, 0.2) is 59.5 Å². The van der Waals surface area contributed by atoms with Gasteiger partial charge < -0.3 is 0 Å². The topological polar surface area (TPSA) is 74.8 Å². The molecule has 8 heteroatoms. The van der Waals surface area contributed by atoms with E-state index in [9.17, 15) is 16.8 Å². The van der Waals surface area contributed by atoms with E-state index in [0.29, 0.717) is 13.1 Å². The fourth-order valence-corrected chi connectivity index (χ4v) is 9.45. The third kappa shape index (κ3) is 5.03. The number of nitrogens with zero attached hydrogens (tertiary/aromatic N) is 2. The summed E-state index contributed by atoms with van der Waals surface area (Å²) in [6, 6.07) is 16.6. The molecule has 0 radical (unpaired) electrons. The van der Waals surface area contributed by atoms with Gasteiger partial charge in [-0.25, -0.2) is 16.8 Å². The molecule has 168 valence electrons. The van der Waals surface area contributed by atoms with E-state index in [2.05, 4.69) is 21.9 Å². The molecule has 2 aromatic carbocycles. The third-order valence-electron chi connectivity index (χ3n) is 6.46. The van der Waals surface area contributed by atoms with Gasteiger partial charge in [0.25, 0.3) is 0 Å². The van der Waals surface area contributed by atoms with E-state index in [1.165, 1.54) is 5.56 Å². The van der Waals surface area contributed by atoms with Gasteiger partial charge in [-0.15, -0.1) is 0 Å². The summed E-state index contributed by atoms with van der Waals surface area (Å²) < 4.78 is 51.7. The van der Waals surface area contributed by atoms with Gasteiger partial charge in [0.2, 0.25) is 0 Å². The van der Waals surface area contributed by atoms with Crippen molar-refractivity contribution in [2.45, 2.75) is 36.1 Å². The van der Waals surface area contributed by atoms with Crippen molar-refractivity contribution in [3.05, 3.63) is 65.7 Å². The molecule has 2 aliphatic heterocycles. The Kier molecular flexibility index (Phi) is 6.53. The molecular weight excluding hydrogens is 432 g/mol. The molecule has 2 saturated heterocycles. The van der Waals surface area contributed by atoms with E-state index in [-0.39, 0.29) is 16.4 Å². The van der Waals surface area contributed by atoms with E-state index < -0.39 is 31.0 Å². The van der Waals surface area contributed by atoms with Crippen molar-refractivity contribution in [2.75, 3.05) is 37.7 Å². The highest BCUT2D eigenvalue weighted by Crippen LogP contribution is 2.30. The molecule has 2 aromatic rings. The SMILES string of the molecule is CCc1ccc(S(=O)(=O)[C@H]2CS(=O)(=O)C[C@@H]2N2CCN(Cc3ccccc3)CC2)cc1. The predicted octanol–water partition coefficient (Wildman–Crippen LogP) is 2.01. The van der Waals surface area contributed by atoms with E-state index >= 15 is 0 Å². The molecule has 0 aromatic heterocycles. The molecule has 0 unspecified atom stereocenters. The first-order valence-corrected chi connectivity index (χ1v) is 14.2. The minimum absolute atomic E-state index is 0.0807. The number of benzene rings is 2. The average molecular weight is 463 g/mol. The van der Waals surface area contributed by atoms with Gasteiger partial charge in [-0.1, -0.05) is 49.4 Å². The standard InChI is InChI=1S/C23H30N2O4S2/c1-2-19-8-10-21(11-9-19)31(28,29)23-18-30(26,27)17-22(23)25-14-12-24(13-15-25)16-20-6-4-3-5-7-20/h3-11,22-23H,2,12-18H2,1H3/t22-,23-/m0/s1. The van der Waals surface area contributed by atoms with Crippen molar-refractivity contribution in [1.29, 1.82) is 0 Å². The lowest BCUT2D eigenvalue weighted by Crippen LogP contribution is -2.54. The van der Waals surface area contributed by atoms with Gasteiger partial charge >= 0.3 is 0 Å². The van der Waals surface area contributed by atoms with Crippen LogP contribution < -0.4 is 0 Å². The Balaban J connectivity index is 1.49. The maximum atomic E-state index is 13.4. The van der Waals surface area contributed by atoms with Crippen molar-refractivity contribution < 1.29 is 16.8 Å². The number of piperazine rings is 1. The van der Waals surface area contributed by atoms with Gasteiger partial charge in [-0.05, 0) is 29.7 Å². The van der Waals surface area contributed by atoms with Crippen LogP contribution >= 0.6 is 0 Å². The zero-order valence-electron chi connectivity index (χ0n) is 17.9. The first kappa shape index (κ1) is 22.5. The second-order valence-electron chi connectivity index (χ2n) is 8.52. The Morgan fingerprint density at radius 1 is 0.871 bits per heavy atom. The third-order valence-corrected chi connectivity index (χ3v) is 10.6. The molecule has 2 heterocycles. The van der Waals surface area contributed by atoms with E-state index in [4.69, 9.17) is 0 Å². The molecule has 31 heavy (non-hydrogen) atoms. The molecule has 0 saturated carbocycles. The molecule has 0 amide bonds. The zero-order chi connectivity index (χ0) is 22.1. The fourth-order valence-electron chi connectivity index (χ4n) is 4.62. The van der Waals surface area contributed by atoms with Crippen molar-refractivity contribution >= 4 is 19.7 Å². The van der Waals surface area contributed by atoms with Crippen LogP contribution in [0.5, 0.6) is 0 Å². The lowest BCUT2D eigenvalue weighted by Gasteiger charge is -2.39. The number of hydrogen-bond acceptors (Lipinski definition) is 6. The van der Waals surface area contributed by atoms with Gasteiger partial charge in [-0.2, -0.15) is 0 Å². The number of aryl methyl sites for hydroxylation is 1. The highest BCUT2D eigenvalue weighted by molar-refractivity contribution is 7.96. The molecule has 6 nitrogen and oxygen atoms in total. The monoisotopic (exact) mass is 462 g/mol. The molecule has 2 aliphatic rings. The summed E-state index contributed by atoms with van der Waals surface area (Å²) in [5, 5.41) is -0.911. The van der Waals surface area contributed by atoms with Crippen LogP contribution in [0.3, 0.4) is 0 Å². The molecule has 2 fully saturated rings. The molecule has 0 bridgehead atoms. The van der Waals surface area contributed by atoms with Gasteiger partial charge in [0, 0.05) is 38.8 Å². The fraction of sp³-hybridized carbons (Fsp3) is 0.478. The summed E-state index contributed by atoms with van der Waals surface area (Å²) in [7, 11) is -7.12. The van der Waals surface area contributed by atoms with E-state index in [1.807, 2.05) is 37.3 Å². The van der Waals surface area contributed by atoms with E-state index in [0.717, 1.165) is 31.6 Å². The van der Waals surface area contributed by atoms with Crippen LogP contribution in [0.1, 0.15) is 18.1 Å². The predicted molar refractivity (Wildman–Crippen MR) is 123 cm³/mol. The van der Waals surface area contributed by atoms with Crippen LogP contribution in [0.2, 0.25) is 0 Å². The maximum absolute atomic E-state index is 13.4. The minimum Gasteiger partial charge on any atom is -0.297 e. The van der Waals surface area contributed by atoms with Crippen LogP contribution in [-0.2, 0) is 32.6 Å². The van der Waals surface area contributed by atoms with Crippen LogP contribution in [0, 0.1) is 0 Å². The first-order chi connectivity index (χ1) is 14.8. The lowest BCUT2D eigenvalue weighted by molar-refractivity contribution is 0.101. The number of hydrogen-bond donors (Lipinski definition) is 0. The maximum Gasteiger partial charge on any atom is 0.183 e. The molecule has 0 aliphatic carbocycles. The van der Waals surface area contributed by atoms with Crippen molar-refractivity contribution in [1.82, 2.24) is 9.80 Å². The summed E-state index contributed by atoms with van der Waals surface area (Å²) in [5.41, 5.74) is 2.31. The van der Waals surface area contributed by atoms with Gasteiger partial charge in [0.15, 0.2) is 19.7 Å². The Bertz CT molecular complexity index is 1090. The largest absolute Gasteiger partial charge is 0.297 e. The van der Waals surface area contributed by atoms with Crippen LogP contribution in [-0.4, -0.2) is 75.6 Å². The second kappa shape index (κ2) is 9.02. The van der Waals surface area contributed by atoms with Crippen LogP contribution in [0.25, 0.3) is 0 Å². The van der Waals surface area contributed by atoms with E-state index in [1.54, 1.807) is 12.1 Å². The molecule has 4 rings (SSSR count). The lowest BCUT2D eigenvalue weighted by atomic mass is 10.1. The smallest absolute Gasteiger partial charge is 0.183 e. The second-order valence-corrected chi connectivity index (χ2v) is 12.8. The molecule has 0 N–H and O–H groups in total. The Labute approximate surface area is 185 Å². The number of sulfone groups is 2. The number of rotatable bonds is 6. The molecular formula is C23H30N2O4S2. The average Bonchev–Trinajstić information content (AvgIpc) is 3.11. The highest BCUT2D eigenvalue weighted by atomic mass is 32.2. The minimum atomic E-state index is -3.73. The van der Waals surface area contributed by atoms with Gasteiger partial charge in [-0.3, -0.25) is 9.80 Å². The Hall–Kier alpha value is -1.74. The Morgan fingerprint density at radius 3 is 2.13 bits per heavy atom.